The number of hydrogen-bond acceptors (Lipinski definition) is 3. The van der Waals surface area contributed by atoms with E-state index < -0.39 is 10.0 Å². The van der Waals surface area contributed by atoms with Gasteiger partial charge in [0.1, 0.15) is 0 Å². The van der Waals surface area contributed by atoms with Crippen molar-refractivity contribution in [2.75, 3.05) is 13.2 Å². The second-order valence-electron chi connectivity index (χ2n) is 5.64. The molecule has 4 nitrogen and oxygen atoms in total. The van der Waals surface area contributed by atoms with E-state index in [2.05, 4.69) is 4.72 Å². The van der Waals surface area contributed by atoms with Crippen LogP contribution in [0.4, 0.5) is 0 Å². The number of sulfonamides is 1. The highest BCUT2D eigenvalue weighted by Gasteiger charge is 2.13. The van der Waals surface area contributed by atoms with Crippen LogP contribution >= 0.6 is 0 Å². The highest BCUT2D eigenvalue weighted by Crippen LogP contribution is 2.20. The van der Waals surface area contributed by atoms with Crippen molar-refractivity contribution < 1.29 is 13.2 Å². The van der Waals surface area contributed by atoms with Gasteiger partial charge in [-0.05, 0) is 30.9 Å². The van der Waals surface area contributed by atoms with Crippen molar-refractivity contribution in [2.45, 2.75) is 44.6 Å². The van der Waals surface area contributed by atoms with Gasteiger partial charge in [-0.25, -0.2) is 13.1 Å². The zero-order chi connectivity index (χ0) is 15.7. The predicted octanol–water partition coefficient (Wildman–Crippen LogP) is 3.32. The van der Waals surface area contributed by atoms with Crippen LogP contribution in [0.25, 0.3) is 6.08 Å². The molecule has 0 radical (unpaired) electrons. The van der Waals surface area contributed by atoms with Crippen LogP contribution in [-0.4, -0.2) is 27.7 Å². The molecule has 0 spiro atoms. The summed E-state index contributed by atoms with van der Waals surface area (Å²) < 4.78 is 32.0. The zero-order valence-corrected chi connectivity index (χ0v) is 13.7. The van der Waals surface area contributed by atoms with E-state index in [1.807, 2.05) is 30.3 Å². The normalized spacial score (nSPS) is 17.1. The minimum absolute atomic E-state index is 0.378. The van der Waals surface area contributed by atoms with E-state index in [4.69, 9.17) is 4.74 Å². The molecule has 0 atom stereocenters. The Hall–Kier alpha value is -1.17. The molecule has 0 amide bonds. The van der Waals surface area contributed by atoms with Crippen molar-refractivity contribution in [1.29, 1.82) is 0 Å². The maximum absolute atomic E-state index is 11.8. The first-order valence-corrected chi connectivity index (χ1v) is 9.55. The van der Waals surface area contributed by atoms with E-state index in [0.717, 1.165) is 18.4 Å². The van der Waals surface area contributed by atoms with Crippen molar-refractivity contribution >= 4 is 16.1 Å². The van der Waals surface area contributed by atoms with Gasteiger partial charge >= 0.3 is 0 Å². The van der Waals surface area contributed by atoms with Crippen LogP contribution in [0.15, 0.2) is 35.7 Å². The maximum Gasteiger partial charge on any atom is 0.233 e. The van der Waals surface area contributed by atoms with E-state index in [-0.39, 0.29) is 0 Å². The lowest BCUT2D eigenvalue weighted by Crippen LogP contribution is -2.24. The summed E-state index contributed by atoms with van der Waals surface area (Å²) in [5.41, 5.74) is 0.869. The first-order chi connectivity index (χ1) is 10.7. The summed E-state index contributed by atoms with van der Waals surface area (Å²) in [5, 5.41) is 1.21. The minimum atomic E-state index is -3.37. The van der Waals surface area contributed by atoms with Gasteiger partial charge in [-0.2, -0.15) is 0 Å². The zero-order valence-electron chi connectivity index (χ0n) is 12.9. The van der Waals surface area contributed by atoms with Gasteiger partial charge in [0.25, 0.3) is 0 Å². The number of hydrogen-bond donors (Lipinski definition) is 1. The molecule has 1 saturated carbocycles. The smallest absolute Gasteiger partial charge is 0.233 e. The average molecular weight is 323 g/mol. The van der Waals surface area contributed by atoms with Crippen molar-refractivity contribution in [2.24, 2.45) is 0 Å². The predicted molar refractivity (Wildman–Crippen MR) is 89.8 cm³/mol. The SMILES string of the molecule is O=S(=O)(C=Cc1ccccc1)NCCCOC1CCCCC1. The van der Waals surface area contributed by atoms with Crippen LogP contribution in [0, 0.1) is 0 Å². The lowest BCUT2D eigenvalue weighted by Gasteiger charge is -2.21. The highest BCUT2D eigenvalue weighted by molar-refractivity contribution is 7.92. The molecule has 0 saturated heterocycles. The Labute approximate surface area is 133 Å². The molecule has 122 valence electrons. The molecule has 22 heavy (non-hydrogen) atoms. The maximum atomic E-state index is 11.8. The summed E-state index contributed by atoms with van der Waals surface area (Å²) in [6, 6.07) is 9.38. The molecule has 2 rings (SSSR count). The first kappa shape index (κ1) is 17.2. The molecule has 0 heterocycles. The van der Waals surface area contributed by atoms with Gasteiger partial charge in [0.15, 0.2) is 0 Å². The summed E-state index contributed by atoms with van der Waals surface area (Å²) in [5.74, 6) is 0. The summed E-state index contributed by atoms with van der Waals surface area (Å²) >= 11 is 0. The van der Waals surface area contributed by atoms with Gasteiger partial charge in [-0.1, -0.05) is 49.6 Å². The molecule has 1 aliphatic rings. The van der Waals surface area contributed by atoms with Gasteiger partial charge in [0, 0.05) is 18.6 Å². The Bertz CT molecular complexity index is 549. The van der Waals surface area contributed by atoms with Crippen molar-refractivity contribution in [1.82, 2.24) is 4.72 Å². The molecule has 0 bridgehead atoms. The second kappa shape index (κ2) is 9.08. The van der Waals surface area contributed by atoms with Gasteiger partial charge < -0.3 is 4.74 Å². The van der Waals surface area contributed by atoms with E-state index >= 15 is 0 Å². The van der Waals surface area contributed by atoms with Crippen molar-refractivity contribution in [3.8, 4) is 0 Å². The lowest BCUT2D eigenvalue weighted by atomic mass is 9.98. The molecule has 1 aliphatic carbocycles. The topological polar surface area (TPSA) is 55.4 Å². The molecular formula is C17H25NO3S. The Morgan fingerprint density at radius 2 is 1.86 bits per heavy atom. The Balaban J connectivity index is 1.63. The van der Waals surface area contributed by atoms with E-state index in [0.29, 0.717) is 25.7 Å². The summed E-state index contributed by atoms with van der Waals surface area (Å²) in [7, 11) is -3.37. The van der Waals surface area contributed by atoms with Gasteiger partial charge in [-0.15, -0.1) is 0 Å². The van der Waals surface area contributed by atoms with Crippen molar-refractivity contribution in [3.63, 3.8) is 0 Å². The monoisotopic (exact) mass is 323 g/mol. The molecule has 0 aliphatic heterocycles. The summed E-state index contributed by atoms with van der Waals surface area (Å²) in [4.78, 5) is 0. The fourth-order valence-electron chi connectivity index (χ4n) is 2.55. The number of ether oxygens (including phenoxy) is 1. The molecule has 1 fully saturated rings. The van der Waals surface area contributed by atoms with Gasteiger partial charge in [-0.3, -0.25) is 0 Å². The van der Waals surface area contributed by atoms with Gasteiger partial charge in [0.2, 0.25) is 10.0 Å². The lowest BCUT2D eigenvalue weighted by molar-refractivity contribution is 0.0278. The van der Waals surface area contributed by atoms with Crippen LogP contribution in [0.1, 0.15) is 44.1 Å². The summed E-state index contributed by atoms with van der Waals surface area (Å²) in [6.07, 6.45) is 8.78. The van der Waals surface area contributed by atoms with Crippen LogP contribution in [0.5, 0.6) is 0 Å². The second-order valence-corrected chi connectivity index (χ2v) is 7.29. The van der Waals surface area contributed by atoms with Crippen LogP contribution < -0.4 is 4.72 Å². The first-order valence-electron chi connectivity index (χ1n) is 8.00. The summed E-state index contributed by atoms with van der Waals surface area (Å²) in [6.45, 7) is 1.03. The fraction of sp³-hybridized carbons (Fsp3) is 0.529. The van der Waals surface area contributed by atoms with Crippen LogP contribution in [0.2, 0.25) is 0 Å². The molecule has 1 N–H and O–H groups in total. The third kappa shape index (κ3) is 6.73. The Kier molecular flexibility index (Phi) is 7.09. The third-order valence-electron chi connectivity index (χ3n) is 3.77. The van der Waals surface area contributed by atoms with E-state index in [1.165, 1.54) is 24.7 Å². The largest absolute Gasteiger partial charge is 0.378 e. The number of nitrogens with one attached hydrogen (secondary N) is 1. The number of rotatable bonds is 8. The molecule has 5 heteroatoms. The van der Waals surface area contributed by atoms with Crippen molar-refractivity contribution in [3.05, 3.63) is 41.3 Å². The Morgan fingerprint density at radius 1 is 1.14 bits per heavy atom. The quantitative estimate of drug-likeness (QED) is 0.747. The Morgan fingerprint density at radius 3 is 2.59 bits per heavy atom. The molecule has 1 aromatic carbocycles. The van der Waals surface area contributed by atoms with E-state index in [1.54, 1.807) is 6.08 Å². The van der Waals surface area contributed by atoms with Crippen LogP contribution in [0.3, 0.4) is 0 Å². The highest BCUT2D eigenvalue weighted by atomic mass is 32.2. The van der Waals surface area contributed by atoms with Crippen LogP contribution in [-0.2, 0) is 14.8 Å². The van der Waals surface area contributed by atoms with Gasteiger partial charge in [0.05, 0.1) is 6.10 Å². The molecular weight excluding hydrogens is 298 g/mol. The number of benzene rings is 1. The standard InChI is InChI=1S/C17H25NO3S/c19-22(20,15-12-16-8-3-1-4-9-16)18-13-7-14-21-17-10-5-2-6-11-17/h1,3-4,8-9,12,15,17-18H,2,5-7,10-11,13-14H2. The molecule has 0 aromatic heterocycles. The fourth-order valence-corrected chi connectivity index (χ4v) is 3.41. The molecule has 0 unspecified atom stereocenters. The minimum Gasteiger partial charge on any atom is -0.378 e. The third-order valence-corrected chi connectivity index (χ3v) is 4.87. The average Bonchev–Trinajstić information content (AvgIpc) is 2.55. The van der Waals surface area contributed by atoms with E-state index in [9.17, 15) is 8.42 Å². The molecule has 1 aromatic rings.